The Morgan fingerprint density at radius 3 is 2.13 bits per heavy atom. The molecule has 1 saturated heterocycles. The Balaban J connectivity index is 2.28. The number of esters is 1. The Hall–Kier alpha value is -3.55. The van der Waals surface area contributed by atoms with Crippen LogP contribution in [0.2, 0.25) is 0 Å². The van der Waals surface area contributed by atoms with Gasteiger partial charge in [-0.25, -0.2) is 4.79 Å². The number of ether oxygens (including phenoxy) is 3. The fraction of sp³-hybridized carbons (Fsp3) is 0.718. The monoisotopic (exact) mass is 731 g/mol. The van der Waals surface area contributed by atoms with Crippen LogP contribution >= 0.6 is 0 Å². The maximum absolute atomic E-state index is 14.1. The molecule has 4 amide bonds. The van der Waals surface area contributed by atoms with Crippen LogP contribution in [0.25, 0.3) is 0 Å². The summed E-state index contributed by atoms with van der Waals surface area (Å²) in [6.07, 6.45) is 1.07. The number of benzene rings is 1. The Morgan fingerprint density at radius 1 is 0.981 bits per heavy atom. The van der Waals surface area contributed by atoms with E-state index < -0.39 is 47.8 Å². The van der Waals surface area contributed by atoms with Gasteiger partial charge in [-0.15, -0.1) is 0 Å². The minimum atomic E-state index is -0.890. The van der Waals surface area contributed by atoms with Crippen molar-refractivity contribution >= 4 is 29.6 Å². The fourth-order valence-electron chi connectivity index (χ4n) is 6.96. The first-order valence-corrected chi connectivity index (χ1v) is 18.5. The van der Waals surface area contributed by atoms with E-state index in [0.717, 1.165) is 18.4 Å². The summed E-state index contributed by atoms with van der Waals surface area (Å²) in [6.45, 7) is 13.5. The molecule has 1 aliphatic rings. The van der Waals surface area contributed by atoms with Crippen molar-refractivity contribution in [2.45, 2.75) is 122 Å². The molecule has 8 atom stereocenters. The second-order valence-corrected chi connectivity index (χ2v) is 14.9. The molecule has 1 aliphatic heterocycles. The number of nitrogens with zero attached hydrogens (tertiary/aromatic N) is 2. The maximum atomic E-state index is 14.1. The summed E-state index contributed by atoms with van der Waals surface area (Å²) < 4.78 is 16.9. The van der Waals surface area contributed by atoms with Crippen LogP contribution in [-0.4, -0.2) is 123 Å². The van der Waals surface area contributed by atoms with Gasteiger partial charge in [0.25, 0.3) is 0 Å². The van der Waals surface area contributed by atoms with Gasteiger partial charge in [0.2, 0.25) is 23.6 Å². The second-order valence-electron chi connectivity index (χ2n) is 14.9. The summed E-state index contributed by atoms with van der Waals surface area (Å²) >= 11 is 0. The van der Waals surface area contributed by atoms with Crippen molar-refractivity contribution < 1.29 is 38.2 Å². The maximum Gasteiger partial charge on any atom is 0.328 e. The molecule has 2 rings (SSSR count). The molecule has 0 bridgehead atoms. The van der Waals surface area contributed by atoms with Crippen LogP contribution in [0, 0.1) is 17.8 Å². The third-order valence-electron chi connectivity index (χ3n) is 10.8. The molecular formula is C39H65N5O8. The minimum absolute atomic E-state index is 0.00359. The first kappa shape index (κ1) is 44.6. The highest BCUT2D eigenvalue weighted by Gasteiger charge is 2.43. The molecule has 13 heteroatoms. The van der Waals surface area contributed by atoms with Crippen molar-refractivity contribution in [2.24, 2.45) is 17.8 Å². The van der Waals surface area contributed by atoms with E-state index >= 15 is 0 Å². The third kappa shape index (κ3) is 11.5. The molecule has 0 aromatic heterocycles. The van der Waals surface area contributed by atoms with Crippen molar-refractivity contribution in [2.75, 3.05) is 42.0 Å². The number of hydrogen-bond donors (Lipinski definition) is 3. The van der Waals surface area contributed by atoms with Gasteiger partial charge in [-0.1, -0.05) is 71.4 Å². The minimum Gasteiger partial charge on any atom is -0.467 e. The van der Waals surface area contributed by atoms with Gasteiger partial charge in [-0.3, -0.25) is 19.2 Å². The van der Waals surface area contributed by atoms with E-state index in [1.807, 2.05) is 58.0 Å². The average Bonchev–Trinajstić information content (AvgIpc) is 3.62. The van der Waals surface area contributed by atoms with Crippen molar-refractivity contribution in [1.82, 2.24) is 25.8 Å². The van der Waals surface area contributed by atoms with Gasteiger partial charge in [0.1, 0.15) is 12.1 Å². The Kier molecular flexibility index (Phi) is 17.7. The third-order valence-corrected chi connectivity index (χ3v) is 10.8. The molecule has 1 aromatic carbocycles. The van der Waals surface area contributed by atoms with Crippen LogP contribution in [0.1, 0.15) is 79.7 Å². The van der Waals surface area contributed by atoms with E-state index in [1.165, 1.54) is 14.2 Å². The zero-order valence-electron chi connectivity index (χ0n) is 33.5. The largest absolute Gasteiger partial charge is 0.467 e. The van der Waals surface area contributed by atoms with E-state index in [2.05, 4.69) is 16.0 Å². The van der Waals surface area contributed by atoms with Crippen LogP contribution in [0.4, 0.5) is 0 Å². The molecule has 1 aromatic rings. The van der Waals surface area contributed by atoms with Crippen LogP contribution in [0.15, 0.2) is 30.3 Å². The lowest BCUT2D eigenvalue weighted by Crippen LogP contribution is -2.61. The molecule has 294 valence electrons. The molecule has 1 heterocycles. The Bertz CT molecular complexity index is 1320. The first-order chi connectivity index (χ1) is 24.5. The molecular weight excluding hydrogens is 666 g/mol. The summed E-state index contributed by atoms with van der Waals surface area (Å²) in [5.74, 6) is -2.57. The lowest BCUT2D eigenvalue weighted by molar-refractivity contribution is -0.149. The number of carbonyl (C=O) groups is 5. The number of hydrogen-bond acceptors (Lipinski definition) is 9. The highest BCUT2D eigenvalue weighted by atomic mass is 16.5. The van der Waals surface area contributed by atoms with Crippen molar-refractivity contribution in [1.29, 1.82) is 0 Å². The Labute approximate surface area is 311 Å². The number of nitrogens with one attached hydrogen (secondary N) is 3. The fourth-order valence-corrected chi connectivity index (χ4v) is 6.96. The molecule has 1 fully saturated rings. The van der Waals surface area contributed by atoms with E-state index in [0.29, 0.717) is 13.0 Å². The first-order valence-electron chi connectivity index (χ1n) is 18.5. The summed E-state index contributed by atoms with van der Waals surface area (Å²) in [5, 5.41) is 8.77. The summed E-state index contributed by atoms with van der Waals surface area (Å²) in [4.78, 5) is 70.9. The summed E-state index contributed by atoms with van der Waals surface area (Å²) in [7, 11) is 7.76. The van der Waals surface area contributed by atoms with E-state index in [9.17, 15) is 24.0 Å². The lowest BCUT2D eigenvalue weighted by Gasteiger charge is -2.41. The number of methoxy groups -OCH3 is 3. The predicted molar refractivity (Wildman–Crippen MR) is 200 cm³/mol. The summed E-state index contributed by atoms with van der Waals surface area (Å²) in [6, 6.07) is 6.84. The molecule has 13 nitrogen and oxygen atoms in total. The van der Waals surface area contributed by atoms with Gasteiger partial charge in [-0.2, -0.15) is 0 Å². The number of amides is 4. The molecule has 0 radical (unpaired) electrons. The SMILES string of the molecule is CC[C@H](C)[C@@H]([C@@H](CC(=O)N1CCC[C@H]1[C@H](OC)[C@@H](C)C(=O)N[C@@H](Cc1ccccc1)C(=O)OC)OC)N(C)C(=O)[C@@H](NC(=O)C(C)(C)NC)C(C)C. The molecule has 3 N–H and O–H groups in total. The second kappa shape index (κ2) is 20.6. The van der Waals surface area contributed by atoms with Crippen LogP contribution in [-0.2, 0) is 44.6 Å². The molecule has 52 heavy (non-hydrogen) atoms. The van der Waals surface area contributed by atoms with E-state index in [1.54, 1.807) is 51.8 Å². The number of likely N-dealkylation sites (tertiary alicyclic amines) is 1. The smallest absolute Gasteiger partial charge is 0.328 e. The van der Waals surface area contributed by atoms with Gasteiger partial charge >= 0.3 is 5.97 Å². The number of rotatable bonds is 20. The van der Waals surface area contributed by atoms with Crippen molar-refractivity contribution in [3.8, 4) is 0 Å². The van der Waals surface area contributed by atoms with Crippen LogP contribution in [0.5, 0.6) is 0 Å². The normalized spacial score (nSPS) is 18.8. The molecule has 0 saturated carbocycles. The highest BCUT2D eigenvalue weighted by Crippen LogP contribution is 2.30. The zero-order valence-corrected chi connectivity index (χ0v) is 33.5. The van der Waals surface area contributed by atoms with E-state index in [4.69, 9.17) is 14.2 Å². The molecule has 0 unspecified atom stereocenters. The average molecular weight is 732 g/mol. The van der Waals surface area contributed by atoms with Gasteiger partial charge in [0.05, 0.1) is 49.3 Å². The molecule has 0 aliphatic carbocycles. The number of carbonyl (C=O) groups excluding carboxylic acids is 5. The van der Waals surface area contributed by atoms with Crippen molar-refractivity contribution in [3.63, 3.8) is 0 Å². The standard InChI is InChI=1S/C39H65N5O8/c1-13-25(4)33(43(9)36(47)32(24(2)3)42-38(49)39(6,7)40-8)30(50-10)23-31(45)44-21-17-20-29(44)34(51-11)26(5)35(46)41-28(37(48)52-12)22-27-18-15-14-16-19-27/h14-16,18-19,24-26,28-30,32-34,40H,13,17,20-23H2,1-12H3,(H,41,46)(H,42,49)/t25-,26+,28-,29-,30+,32-,33-,34+/m0/s1. The number of likely N-dealkylation sites (N-methyl/N-ethyl adjacent to an activating group) is 2. The topological polar surface area (TPSA) is 156 Å². The predicted octanol–water partition coefficient (Wildman–Crippen LogP) is 2.95. The van der Waals surface area contributed by atoms with Gasteiger partial charge in [0, 0.05) is 34.2 Å². The van der Waals surface area contributed by atoms with Crippen molar-refractivity contribution in [3.05, 3.63) is 35.9 Å². The zero-order chi connectivity index (χ0) is 39.3. The summed E-state index contributed by atoms with van der Waals surface area (Å²) in [5.41, 5.74) is -0.000994. The van der Waals surface area contributed by atoms with Gasteiger partial charge in [0.15, 0.2) is 0 Å². The molecule has 0 spiro atoms. The van der Waals surface area contributed by atoms with Crippen LogP contribution in [0.3, 0.4) is 0 Å². The van der Waals surface area contributed by atoms with E-state index in [-0.39, 0.29) is 54.3 Å². The van der Waals surface area contributed by atoms with Crippen LogP contribution < -0.4 is 16.0 Å². The quantitative estimate of drug-likeness (QED) is 0.172. The van der Waals surface area contributed by atoms with Gasteiger partial charge < -0.3 is 40.0 Å². The Morgan fingerprint density at radius 2 is 1.62 bits per heavy atom. The lowest BCUT2D eigenvalue weighted by atomic mass is 9.89. The van der Waals surface area contributed by atoms with Gasteiger partial charge in [-0.05, 0) is 51.1 Å². The highest BCUT2D eigenvalue weighted by molar-refractivity contribution is 5.92.